The Labute approximate surface area is 121 Å². The van der Waals surface area contributed by atoms with E-state index in [-0.39, 0.29) is 31.2 Å². The fourth-order valence-electron chi connectivity index (χ4n) is 1.38. The average Bonchev–Trinajstić information content (AvgIpc) is 2.49. The van der Waals surface area contributed by atoms with Gasteiger partial charge in [-0.15, -0.1) is 0 Å². The first-order valence-corrected chi connectivity index (χ1v) is 6.32. The van der Waals surface area contributed by atoms with Crippen LogP contribution in [0.25, 0.3) is 0 Å². The molecule has 0 saturated heterocycles. The van der Waals surface area contributed by atoms with Crippen LogP contribution in [-0.2, 0) is 20.9 Å². The van der Waals surface area contributed by atoms with Crippen LogP contribution in [0.3, 0.4) is 0 Å². The first-order chi connectivity index (χ1) is 10.0. The second-order valence-electron chi connectivity index (χ2n) is 3.98. The van der Waals surface area contributed by atoms with E-state index in [1.165, 1.54) is 0 Å². The summed E-state index contributed by atoms with van der Waals surface area (Å²) in [7, 11) is 0. The van der Waals surface area contributed by atoms with Crippen LogP contribution in [0.1, 0.15) is 18.9 Å². The number of esters is 1. The normalized spacial score (nSPS) is 9.76. The highest BCUT2D eigenvalue weighted by Gasteiger charge is 2.26. The molecule has 0 fully saturated rings. The van der Waals surface area contributed by atoms with Crippen molar-refractivity contribution in [1.29, 1.82) is 0 Å². The van der Waals surface area contributed by atoms with Gasteiger partial charge in [0, 0.05) is 6.42 Å². The SMILES string of the molecule is CCC(=O)OCCN(C(=O)OCc1ccccc1)[N+](=O)[O-]. The van der Waals surface area contributed by atoms with Gasteiger partial charge in [-0.2, -0.15) is 0 Å². The summed E-state index contributed by atoms with van der Waals surface area (Å²) in [4.78, 5) is 33.3. The number of nitro groups is 1. The number of rotatable bonds is 7. The highest BCUT2D eigenvalue weighted by atomic mass is 16.7. The Balaban J connectivity index is 2.46. The largest absolute Gasteiger partial charge is 0.468 e. The molecule has 0 aliphatic carbocycles. The Morgan fingerprint density at radius 1 is 1.24 bits per heavy atom. The van der Waals surface area contributed by atoms with Crippen molar-refractivity contribution in [2.24, 2.45) is 0 Å². The minimum Gasteiger partial charge on any atom is -0.464 e. The van der Waals surface area contributed by atoms with Crippen LogP contribution < -0.4 is 0 Å². The molecule has 114 valence electrons. The molecule has 1 amide bonds. The van der Waals surface area contributed by atoms with Crippen LogP contribution in [0.2, 0.25) is 0 Å². The molecule has 0 aliphatic heterocycles. The molecule has 0 aliphatic rings. The van der Waals surface area contributed by atoms with E-state index in [4.69, 9.17) is 9.47 Å². The van der Waals surface area contributed by atoms with E-state index >= 15 is 0 Å². The maximum Gasteiger partial charge on any atom is 0.468 e. The molecule has 0 spiro atoms. The Morgan fingerprint density at radius 2 is 1.90 bits per heavy atom. The molecule has 0 atom stereocenters. The summed E-state index contributed by atoms with van der Waals surface area (Å²) < 4.78 is 9.53. The third kappa shape index (κ3) is 5.89. The Morgan fingerprint density at radius 3 is 2.48 bits per heavy atom. The zero-order chi connectivity index (χ0) is 15.7. The fraction of sp³-hybridized carbons (Fsp3) is 0.385. The van der Waals surface area contributed by atoms with E-state index < -0.39 is 17.1 Å². The van der Waals surface area contributed by atoms with Crippen LogP contribution >= 0.6 is 0 Å². The number of hydrogen-bond donors (Lipinski definition) is 0. The van der Waals surface area contributed by atoms with Gasteiger partial charge in [-0.25, -0.2) is 14.9 Å². The quantitative estimate of drug-likeness (QED) is 0.432. The summed E-state index contributed by atoms with van der Waals surface area (Å²) in [6, 6.07) is 8.79. The summed E-state index contributed by atoms with van der Waals surface area (Å²) in [6.45, 7) is 0.904. The van der Waals surface area contributed by atoms with Crippen molar-refractivity contribution < 1.29 is 24.1 Å². The first kappa shape index (κ1) is 16.4. The van der Waals surface area contributed by atoms with Gasteiger partial charge in [0.1, 0.15) is 19.8 Å². The van der Waals surface area contributed by atoms with Gasteiger partial charge in [0.2, 0.25) is 0 Å². The number of ether oxygens (including phenoxy) is 2. The molecular formula is C13H16N2O6. The van der Waals surface area contributed by atoms with E-state index in [1.807, 2.05) is 0 Å². The van der Waals surface area contributed by atoms with Crippen LogP contribution in [-0.4, -0.2) is 35.3 Å². The van der Waals surface area contributed by atoms with Crippen molar-refractivity contribution in [3.63, 3.8) is 0 Å². The minimum atomic E-state index is -1.10. The van der Waals surface area contributed by atoms with Crippen molar-refractivity contribution >= 4 is 12.1 Å². The molecule has 1 rings (SSSR count). The third-order valence-corrected chi connectivity index (χ3v) is 2.47. The minimum absolute atomic E-state index is 0.0707. The Hall–Kier alpha value is -2.64. The molecule has 21 heavy (non-hydrogen) atoms. The van der Waals surface area contributed by atoms with Gasteiger partial charge in [0.15, 0.2) is 5.03 Å². The van der Waals surface area contributed by atoms with Crippen molar-refractivity contribution in [2.75, 3.05) is 13.2 Å². The first-order valence-electron chi connectivity index (χ1n) is 6.32. The van der Waals surface area contributed by atoms with Gasteiger partial charge in [0.05, 0.1) is 0 Å². The molecule has 8 nitrogen and oxygen atoms in total. The standard InChI is InChI=1S/C13H16N2O6/c1-2-12(16)20-9-8-14(15(18)19)13(17)21-10-11-6-4-3-5-7-11/h3-7H,2,8-10H2,1H3. The van der Waals surface area contributed by atoms with E-state index in [9.17, 15) is 19.7 Å². The van der Waals surface area contributed by atoms with Gasteiger partial charge in [0.25, 0.3) is 0 Å². The maximum atomic E-state index is 11.6. The summed E-state index contributed by atoms with van der Waals surface area (Å²) in [5.74, 6) is -0.490. The smallest absolute Gasteiger partial charge is 0.464 e. The van der Waals surface area contributed by atoms with E-state index in [1.54, 1.807) is 37.3 Å². The van der Waals surface area contributed by atoms with Crippen molar-refractivity contribution in [3.05, 3.63) is 46.0 Å². The molecule has 1 aromatic rings. The maximum absolute atomic E-state index is 11.6. The van der Waals surface area contributed by atoms with Gasteiger partial charge in [-0.05, 0) is 10.6 Å². The fourth-order valence-corrected chi connectivity index (χ4v) is 1.38. The molecule has 1 aromatic carbocycles. The third-order valence-electron chi connectivity index (χ3n) is 2.47. The van der Waals surface area contributed by atoms with Gasteiger partial charge < -0.3 is 9.47 Å². The second kappa shape index (κ2) is 8.51. The van der Waals surface area contributed by atoms with E-state index in [2.05, 4.69) is 0 Å². The highest BCUT2D eigenvalue weighted by molar-refractivity contribution is 5.69. The number of hydrazine groups is 1. The summed E-state index contributed by atoms with van der Waals surface area (Å²) in [5, 5.41) is 10.2. The predicted octanol–water partition coefficient (Wildman–Crippen LogP) is 1.77. The second-order valence-corrected chi connectivity index (χ2v) is 3.98. The van der Waals surface area contributed by atoms with Crippen LogP contribution in [0.5, 0.6) is 0 Å². The lowest BCUT2D eigenvalue weighted by Crippen LogP contribution is -2.39. The van der Waals surface area contributed by atoms with Crippen LogP contribution in [0, 0.1) is 10.1 Å². The molecule has 0 saturated carbocycles. The molecule has 8 heteroatoms. The molecule has 0 N–H and O–H groups in total. The number of hydrogen-bond acceptors (Lipinski definition) is 6. The molecule has 0 heterocycles. The number of carbonyl (C=O) groups excluding carboxylic acids is 2. The van der Waals surface area contributed by atoms with Gasteiger partial charge >= 0.3 is 12.1 Å². The number of nitrogens with zero attached hydrogens (tertiary/aromatic N) is 2. The molecule has 0 unspecified atom stereocenters. The van der Waals surface area contributed by atoms with Crippen LogP contribution in [0.15, 0.2) is 30.3 Å². The summed E-state index contributed by atoms with van der Waals surface area (Å²) >= 11 is 0. The lowest BCUT2D eigenvalue weighted by molar-refractivity contribution is -0.635. The number of carbonyl (C=O) groups is 2. The van der Waals surface area contributed by atoms with E-state index in [0.29, 0.717) is 5.56 Å². The van der Waals surface area contributed by atoms with Crippen molar-refractivity contribution in [2.45, 2.75) is 20.0 Å². The molecular weight excluding hydrogens is 280 g/mol. The zero-order valence-electron chi connectivity index (χ0n) is 11.6. The topological polar surface area (TPSA) is 99.0 Å². The zero-order valence-corrected chi connectivity index (χ0v) is 11.6. The predicted molar refractivity (Wildman–Crippen MR) is 71.6 cm³/mol. The summed E-state index contributed by atoms with van der Waals surface area (Å²) in [6.07, 6.45) is -0.937. The van der Waals surface area contributed by atoms with Crippen LogP contribution in [0.4, 0.5) is 4.79 Å². The Kier molecular flexibility index (Phi) is 6.66. The lowest BCUT2D eigenvalue weighted by Gasteiger charge is -2.12. The van der Waals surface area contributed by atoms with E-state index in [0.717, 1.165) is 0 Å². The Bertz CT molecular complexity index is 491. The van der Waals surface area contributed by atoms with Crippen molar-refractivity contribution in [1.82, 2.24) is 5.01 Å². The summed E-state index contributed by atoms with van der Waals surface area (Å²) in [5.41, 5.74) is 0.714. The average molecular weight is 296 g/mol. The van der Waals surface area contributed by atoms with Gasteiger partial charge in [-0.1, -0.05) is 37.3 Å². The monoisotopic (exact) mass is 296 g/mol. The molecule has 0 aromatic heterocycles. The molecule has 0 radical (unpaired) electrons. The number of benzene rings is 1. The van der Waals surface area contributed by atoms with Gasteiger partial charge in [-0.3, -0.25) is 4.79 Å². The van der Waals surface area contributed by atoms with Crippen molar-refractivity contribution in [3.8, 4) is 0 Å². The highest BCUT2D eigenvalue weighted by Crippen LogP contribution is 2.03. The molecule has 0 bridgehead atoms. The number of amides is 1. The lowest BCUT2D eigenvalue weighted by atomic mass is 10.2.